The molecule has 0 radical (unpaired) electrons. The largest absolute Gasteiger partial charge is 0.513 e. The van der Waals surface area contributed by atoms with Gasteiger partial charge < -0.3 is 34.2 Å². The quantitative estimate of drug-likeness (QED) is 0.250. The van der Waals surface area contributed by atoms with Gasteiger partial charge in [0.2, 0.25) is 0 Å². The van der Waals surface area contributed by atoms with E-state index >= 15 is 0 Å². The first-order chi connectivity index (χ1) is 16.2. The molecule has 0 saturated carbocycles. The lowest BCUT2D eigenvalue weighted by Crippen LogP contribution is -2.37. The van der Waals surface area contributed by atoms with E-state index in [2.05, 4.69) is 0 Å². The highest BCUT2D eigenvalue weighted by Crippen LogP contribution is 2.30. The molecule has 0 aromatic heterocycles. The Morgan fingerprint density at radius 3 is 2.03 bits per heavy atom. The van der Waals surface area contributed by atoms with Gasteiger partial charge in [-0.15, -0.1) is 0 Å². The Labute approximate surface area is 198 Å². The molecular weight excluding hydrogens is 450 g/mol. The van der Waals surface area contributed by atoms with Crippen LogP contribution in [0.3, 0.4) is 0 Å². The third kappa shape index (κ3) is 11.0. The molecular formula is C23H33NO10. The number of benzene rings is 1. The van der Waals surface area contributed by atoms with E-state index in [0.717, 1.165) is 0 Å². The molecule has 0 heterocycles. The lowest BCUT2D eigenvalue weighted by atomic mass is 10.1. The Morgan fingerprint density at radius 2 is 1.47 bits per heavy atom. The second-order valence-corrected chi connectivity index (χ2v) is 7.28. The van der Waals surface area contributed by atoms with Crippen LogP contribution >= 0.6 is 0 Å². The van der Waals surface area contributed by atoms with Crippen LogP contribution in [0.2, 0.25) is 0 Å². The normalized spacial score (nSPS) is 12.1. The average Bonchev–Trinajstić information content (AvgIpc) is 2.81. The van der Waals surface area contributed by atoms with E-state index in [0.29, 0.717) is 18.4 Å². The van der Waals surface area contributed by atoms with Crippen molar-refractivity contribution in [2.45, 2.75) is 65.5 Å². The van der Waals surface area contributed by atoms with Gasteiger partial charge in [-0.3, -0.25) is 9.59 Å². The van der Waals surface area contributed by atoms with Crippen molar-refractivity contribution < 1.29 is 47.6 Å². The van der Waals surface area contributed by atoms with Crippen LogP contribution in [0.1, 0.15) is 52.5 Å². The number of carbonyl (C=O) groups is 4. The van der Waals surface area contributed by atoms with Gasteiger partial charge in [-0.1, -0.05) is 26.8 Å². The summed E-state index contributed by atoms with van der Waals surface area (Å²) in [6.07, 6.45) is -1.17. The number of hydrogen-bond acceptors (Lipinski definition) is 11. The lowest BCUT2D eigenvalue weighted by Gasteiger charge is -2.17. The molecule has 11 heteroatoms. The van der Waals surface area contributed by atoms with E-state index < -0.39 is 36.4 Å². The molecule has 1 aromatic carbocycles. The maximum Gasteiger partial charge on any atom is 0.513 e. The minimum atomic E-state index is -1.05. The maximum absolute atomic E-state index is 12.3. The number of rotatable bonds is 13. The number of carbonyl (C=O) groups excluding carboxylic acids is 4. The van der Waals surface area contributed by atoms with Crippen molar-refractivity contribution >= 4 is 24.2 Å². The fraction of sp³-hybridized carbons (Fsp3) is 0.565. The van der Waals surface area contributed by atoms with Gasteiger partial charge in [-0.05, 0) is 43.9 Å². The molecule has 0 fully saturated rings. The van der Waals surface area contributed by atoms with E-state index in [1.165, 1.54) is 12.1 Å². The molecule has 0 aliphatic carbocycles. The smallest absolute Gasteiger partial charge is 0.462 e. The fourth-order valence-electron chi connectivity index (χ4n) is 2.42. The highest BCUT2D eigenvalue weighted by Gasteiger charge is 2.22. The van der Waals surface area contributed by atoms with Gasteiger partial charge in [0, 0.05) is 6.42 Å². The first-order valence-corrected chi connectivity index (χ1v) is 11.1. The minimum absolute atomic E-state index is 0.0290. The van der Waals surface area contributed by atoms with Gasteiger partial charge >= 0.3 is 24.2 Å². The molecule has 0 saturated heterocycles. The van der Waals surface area contributed by atoms with Gasteiger partial charge in [-0.25, -0.2) is 9.59 Å². The van der Waals surface area contributed by atoms with E-state index in [1.54, 1.807) is 19.9 Å². The summed E-state index contributed by atoms with van der Waals surface area (Å²) in [6, 6.07) is 3.28. The van der Waals surface area contributed by atoms with Crippen molar-refractivity contribution in [1.29, 1.82) is 0 Å². The second kappa shape index (κ2) is 15.5. The van der Waals surface area contributed by atoms with Gasteiger partial charge in [0.15, 0.2) is 11.5 Å². The molecule has 0 aliphatic heterocycles. The van der Waals surface area contributed by atoms with Crippen molar-refractivity contribution in [3.63, 3.8) is 0 Å². The third-order valence-electron chi connectivity index (χ3n) is 4.09. The van der Waals surface area contributed by atoms with Crippen LogP contribution in [-0.2, 0) is 35.0 Å². The number of nitrogens with two attached hydrogens (primary N) is 1. The van der Waals surface area contributed by atoms with Crippen molar-refractivity contribution in [1.82, 2.24) is 0 Å². The van der Waals surface area contributed by atoms with E-state index in [4.69, 9.17) is 34.2 Å². The van der Waals surface area contributed by atoms with Crippen LogP contribution in [0.4, 0.5) is 9.59 Å². The predicted octanol–water partition coefficient (Wildman–Crippen LogP) is 3.29. The molecule has 1 rings (SSSR count). The van der Waals surface area contributed by atoms with Gasteiger partial charge in [0.1, 0.15) is 18.8 Å². The van der Waals surface area contributed by atoms with Crippen LogP contribution in [0.5, 0.6) is 11.5 Å². The Kier molecular flexibility index (Phi) is 13.1. The summed E-state index contributed by atoms with van der Waals surface area (Å²) in [6.45, 7) is 7.11. The summed E-state index contributed by atoms with van der Waals surface area (Å²) in [5, 5.41) is 0. The zero-order valence-electron chi connectivity index (χ0n) is 20.0. The molecule has 2 atom stereocenters. The molecule has 0 unspecified atom stereocenters. The minimum Gasteiger partial charge on any atom is -0.462 e. The molecule has 11 nitrogen and oxygen atoms in total. The van der Waals surface area contributed by atoms with Crippen LogP contribution in [0, 0.1) is 0 Å². The van der Waals surface area contributed by atoms with E-state index in [1.807, 2.05) is 13.8 Å². The summed E-state index contributed by atoms with van der Waals surface area (Å²) >= 11 is 0. The van der Waals surface area contributed by atoms with Crippen molar-refractivity contribution in [3.05, 3.63) is 23.8 Å². The SMILES string of the molecule is CCCOC(=O)Oc1ccc(C[C@H](N)C(=O)O[C@@H](C)COC(=O)CC)cc1OC(=O)OCCC. The van der Waals surface area contributed by atoms with Crippen LogP contribution < -0.4 is 15.2 Å². The van der Waals surface area contributed by atoms with Crippen LogP contribution in [0.15, 0.2) is 18.2 Å². The fourth-order valence-corrected chi connectivity index (χ4v) is 2.42. The molecule has 0 aliphatic rings. The first kappa shape index (κ1) is 28.7. The topological polar surface area (TPSA) is 150 Å². The third-order valence-corrected chi connectivity index (χ3v) is 4.09. The Balaban J connectivity index is 2.87. The summed E-state index contributed by atoms with van der Waals surface area (Å²) in [4.78, 5) is 47.3. The first-order valence-electron chi connectivity index (χ1n) is 11.1. The van der Waals surface area contributed by atoms with Crippen LogP contribution in [0.25, 0.3) is 0 Å². The van der Waals surface area contributed by atoms with Crippen molar-refractivity contribution in [2.24, 2.45) is 5.73 Å². The molecule has 34 heavy (non-hydrogen) atoms. The van der Waals surface area contributed by atoms with Gasteiger partial charge in [0.25, 0.3) is 0 Å². The summed E-state index contributed by atoms with van der Waals surface area (Å²) in [7, 11) is 0. The van der Waals surface area contributed by atoms with Gasteiger partial charge in [-0.2, -0.15) is 0 Å². The zero-order chi connectivity index (χ0) is 25.5. The zero-order valence-corrected chi connectivity index (χ0v) is 20.0. The molecule has 0 amide bonds. The molecule has 0 spiro atoms. The number of hydrogen-bond donors (Lipinski definition) is 1. The molecule has 0 bridgehead atoms. The van der Waals surface area contributed by atoms with Crippen molar-refractivity contribution in [3.8, 4) is 11.5 Å². The number of esters is 2. The summed E-state index contributed by atoms with van der Waals surface area (Å²) in [5.74, 6) is -1.28. The standard InChI is InChI=1S/C23H33NO10/c1-5-10-29-22(27)33-18-9-8-16(13-19(18)34-23(28)30-11-6-2)12-17(24)21(26)32-15(4)14-31-20(25)7-3/h8-9,13,15,17H,5-7,10-12,14,24H2,1-4H3/t15-,17-/m0/s1. The van der Waals surface area contributed by atoms with Crippen molar-refractivity contribution in [2.75, 3.05) is 19.8 Å². The van der Waals surface area contributed by atoms with E-state index in [9.17, 15) is 19.2 Å². The predicted molar refractivity (Wildman–Crippen MR) is 119 cm³/mol. The lowest BCUT2D eigenvalue weighted by molar-refractivity contribution is -0.158. The molecule has 190 valence electrons. The Hall–Kier alpha value is -3.34. The summed E-state index contributed by atoms with van der Waals surface area (Å²) in [5.41, 5.74) is 6.45. The van der Waals surface area contributed by atoms with Crippen LogP contribution in [-0.4, -0.2) is 56.2 Å². The molecule has 2 N–H and O–H groups in total. The summed E-state index contributed by atoms with van der Waals surface area (Å²) < 4.78 is 30.2. The maximum atomic E-state index is 12.3. The molecule has 1 aromatic rings. The Bertz CT molecular complexity index is 826. The van der Waals surface area contributed by atoms with Gasteiger partial charge in [0.05, 0.1) is 13.2 Å². The highest BCUT2D eigenvalue weighted by molar-refractivity contribution is 5.76. The average molecular weight is 484 g/mol. The van der Waals surface area contributed by atoms with E-state index in [-0.39, 0.29) is 44.2 Å². The highest BCUT2D eigenvalue weighted by atomic mass is 16.7. The Morgan fingerprint density at radius 1 is 0.882 bits per heavy atom. The monoisotopic (exact) mass is 483 g/mol. The second-order valence-electron chi connectivity index (χ2n) is 7.28. The number of ether oxygens (including phenoxy) is 6.